The molecule has 2 aromatic heterocycles. The van der Waals surface area contributed by atoms with Gasteiger partial charge in [-0.25, -0.2) is 9.97 Å². The molecule has 0 spiro atoms. The molecule has 3 aromatic rings. The Morgan fingerprint density at radius 2 is 1.81 bits per heavy atom. The van der Waals surface area contributed by atoms with Crippen LogP contribution >= 0.6 is 11.6 Å². The molecular weight excluding hydrogens is 426 g/mol. The van der Waals surface area contributed by atoms with Crippen LogP contribution in [0, 0.1) is 6.92 Å². The molecule has 0 amide bonds. The molecule has 7 nitrogen and oxygen atoms in total. The van der Waals surface area contributed by atoms with Crippen molar-refractivity contribution in [3.05, 3.63) is 69.2 Å². The van der Waals surface area contributed by atoms with Crippen LogP contribution in [0.1, 0.15) is 30.5 Å². The number of aromatic nitrogens is 3. The van der Waals surface area contributed by atoms with Crippen molar-refractivity contribution in [3.8, 4) is 11.3 Å². The molecule has 0 radical (unpaired) electrons. The number of nitrogens with zero attached hydrogens (tertiary/aromatic N) is 4. The summed E-state index contributed by atoms with van der Waals surface area (Å²) < 4.78 is 1.48. The summed E-state index contributed by atoms with van der Waals surface area (Å²) in [7, 11) is 0. The Bertz CT molecular complexity index is 1190. The van der Waals surface area contributed by atoms with Gasteiger partial charge in [0.05, 0.1) is 12.2 Å². The zero-order valence-electron chi connectivity index (χ0n) is 18.1. The van der Waals surface area contributed by atoms with E-state index >= 15 is 0 Å². The fraction of sp³-hybridized carbons (Fsp3) is 0.333. The highest BCUT2D eigenvalue weighted by Crippen LogP contribution is 2.28. The van der Waals surface area contributed by atoms with Crippen LogP contribution in [0.4, 0.5) is 11.6 Å². The van der Waals surface area contributed by atoms with Crippen molar-refractivity contribution in [1.29, 1.82) is 0 Å². The Labute approximate surface area is 191 Å². The summed E-state index contributed by atoms with van der Waals surface area (Å²) in [6.07, 6.45) is 2.83. The minimum Gasteiger partial charge on any atom is -0.384 e. The first-order valence-corrected chi connectivity index (χ1v) is 11.2. The van der Waals surface area contributed by atoms with Crippen LogP contribution in [0.2, 0.25) is 5.15 Å². The van der Waals surface area contributed by atoms with Gasteiger partial charge in [0.1, 0.15) is 5.82 Å². The van der Waals surface area contributed by atoms with E-state index in [0.29, 0.717) is 23.8 Å². The van der Waals surface area contributed by atoms with E-state index in [9.17, 15) is 9.59 Å². The largest absolute Gasteiger partial charge is 0.384 e. The molecule has 0 atom stereocenters. The fourth-order valence-electron chi connectivity index (χ4n) is 4.09. The number of nitrogens with two attached hydrogens (primary N) is 1. The lowest BCUT2D eigenvalue weighted by molar-refractivity contribution is -0.119. The van der Waals surface area contributed by atoms with Crippen LogP contribution < -0.4 is 16.2 Å². The maximum absolute atomic E-state index is 13.4. The number of benzene rings is 1. The predicted octanol–water partition coefficient (Wildman–Crippen LogP) is 3.65. The number of pyridine rings is 1. The second-order valence-electron chi connectivity index (χ2n) is 8.05. The van der Waals surface area contributed by atoms with Gasteiger partial charge in [-0.3, -0.25) is 14.2 Å². The number of anilines is 2. The molecule has 0 unspecified atom stereocenters. The van der Waals surface area contributed by atoms with Gasteiger partial charge in [0.2, 0.25) is 0 Å². The summed E-state index contributed by atoms with van der Waals surface area (Å²) >= 11 is 6.58. The van der Waals surface area contributed by atoms with Crippen molar-refractivity contribution >= 4 is 29.0 Å². The molecule has 1 fully saturated rings. The van der Waals surface area contributed by atoms with E-state index in [1.54, 1.807) is 6.07 Å². The van der Waals surface area contributed by atoms with Crippen molar-refractivity contribution in [2.75, 3.05) is 23.7 Å². The topological polar surface area (TPSA) is 94.1 Å². The average molecular weight is 452 g/mol. The quantitative estimate of drug-likeness (QED) is 0.589. The van der Waals surface area contributed by atoms with Crippen LogP contribution in [-0.2, 0) is 17.8 Å². The summed E-state index contributed by atoms with van der Waals surface area (Å²) in [5, 5.41) is 0.226. The highest BCUT2D eigenvalue weighted by molar-refractivity contribution is 6.32. The molecule has 0 saturated carbocycles. The van der Waals surface area contributed by atoms with Gasteiger partial charge in [0, 0.05) is 30.8 Å². The van der Waals surface area contributed by atoms with Crippen LogP contribution in [-0.4, -0.2) is 33.4 Å². The number of carbonyl (C=O) groups excluding carboxylic acids is 1. The standard InChI is InChI=1S/C24H26ClN5O2/c1-16-17(10-12-20(26)27-16)9-11-19(31)15-30-21(18-7-3-2-4-8-18)22(25)28-23(24(30)32)29-13-5-6-14-29/h2-4,7-8,10,12H,5-6,9,11,13-15H2,1H3,(H2,26,27). The van der Waals surface area contributed by atoms with Gasteiger partial charge in [-0.2, -0.15) is 0 Å². The molecule has 32 heavy (non-hydrogen) atoms. The number of halogens is 1. The third kappa shape index (κ3) is 4.67. The lowest BCUT2D eigenvalue weighted by Gasteiger charge is -2.20. The van der Waals surface area contributed by atoms with E-state index in [1.807, 2.05) is 48.2 Å². The molecule has 1 saturated heterocycles. The van der Waals surface area contributed by atoms with Crippen molar-refractivity contribution in [2.24, 2.45) is 0 Å². The first-order valence-electron chi connectivity index (χ1n) is 10.8. The van der Waals surface area contributed by atoms with Crippen molar-refractivity contribution in [3.63, 3.8) is 0 Å². The Morgan fingerprint density at radius 1 is 1.09 bits per heavy atom. The number of ketones is 1. The first-order chi connectivity index (χ1) is 15.4. The maximum atomic E-state index is 13.4. The fourth-order valence-corrected chi connectivity index (χ4v) is 4.38. The lowest BCUT2D eigenvalue weighted by Crippen LogP contribution is -2.34. The minimum atomic E-state index is -0.283. The molecule has 166 valence electrons. The number of hydrogen-bond acceptors (Lipinski definition) is 6. The van der Waals surface area contributed by atoms with Gasteiger partial charge >= 0.3 is 0 Å². The van der Waals surface area contributed by atoms with Crippen molar-refractivity contribution < 1.29 is 4.79 Å². The van der Waals surface area contributed by atoms with Gasteiger partial charge in [0.15, 0.2) is 16.8 Å². The lowest BCUT2D eigenvalue weighted by atomic mass is 10.1. The van der Waals surface area contributed by atoms with Gasteiger partial charge in [-0.05, 0) is 37.8 Å². The molecule has 0 aliphatic carbocycles. The number of rotatable bonds is 7. The molecule has 4 rings (SSSR count). The number of Topliss-reactive ketones (excluding diaryl/α,β-unsaturated/α-hetero) is 1. The Hall–Kier alpha value is -3.19. The van der Waals surface area contributed by atoms with Crippen molar-refractivity contribution in [2.45, 2.75) is 39.2 Å². The summed E-state index contributed by atoms with van der Waals surface area (Å²) in [4.78, 5) is 37.0. The predicted molar refractivity (Wildman–Crippen MR) is 127 cm³/mol. The summed E-state index contributed by atoms with van der Waals surface area (Å²) in [5.74, 6) is 0.714. The smallest absolute Gasteiger partial charge is 0.294 e. The number of aryl methyl sites for hydroxylation is 2. The molecular formula is C24H26ClN5O2. The molecule has 8 heteroatoms. The van der Waals surface area contributed by atoms with Gasteiger partial charge < -0.3 is 10.6 Å². The zero-order valence-corrected chi connectivity index (χ0v) is 18.8. The SMILES string of the molecule is Cc1nc(N)ccc1CCC(=O)Cn1c(-c2ccccc2)c(Cl)nc(N2CCCC2)c1=O. The van der Waals surface area contributed by atoms with E-state index in [0.717, 1.165) is 42.8 Å². The van der Waals surface area contributed by atoms with Crippen LogP contribution in [0.15, 0.2) is 47.3 Å². The van der Waals surface area contributed by atoms with Crippen LogP contribution in [0.5, 0.6) is 0 Å². The monoisotopic (exact) mass is 451 g/mol. The highest BCUT2D eigenvalue weighted by atomic mass is 35.5. The average Bonchev–Trinajstić information content (AvgIpc) is 3.31. The summed E-state index contributed by atoms with van der Waals surface area (Å²) in [6, 6.07) is 13.0. The normalized spacial score (nSPS) is 13.5. The Morgan fingerprint density at radius 3 is 2.50 bits per heavy atom. The van der Waals surface area contributed by atoms with Gasteiger partial charge in [-0.1, -0.05) is 48.0 Å². The number of nitrogen functional groups attached to an aromatic ring is 1. The third-order valence-corrected chi connectivity index (χ3v) is 6.05. The highest BCUT2D eigenvalue weighted by Gasteiger charge is 2.24. The van der Waals surface area contributed by atoms with E-state index in [-0.39, 0.29) is 29.5 Å². The summed E-state index contributed by atoms with van der Waals surface area (Å²) in [6.45, 7) is 3.34. The third-order valence-electron chi connectivity index (χ3n) is 5.78. The molecule has 1 aliphatic rings. The van der Waals surface area contributed by atoms with E-state index < -0.39 is 0 Å². The Kier molecular flexibility index (Phi) is 6.55. The minimum absolute atomic E-state index is 0.0601. The van der Waals surface area contributed by atoms with Crippen LogP contribution in [0.3, 0.4) is 0 Å². The second-order valence-corrected chi connectivity index (χ2v) is 8.40. The van der Waals surface area contributed by atoms with Crippen molar-refractivity contribution in [1.82, 2.24) is 14.5 Å². The first kappa shape index (κ1) is 22.0. The Balaban J connectivity index is 1.66. The summed E-state index contributed by atoms with van der Waals surface area (Å²) in [5.41, 5.74) is 8.43. The van der Waals surface area contributed by atoms with Gasteiger partial charge in [-0.15, -0.1) is 0 Å². The number of hydrogen-bond donors (Lipinski definition) is 1. The van der Waals surface area contributed by atoms with E-state index in [1.165, 1.54) is 4.57 Å². The zero-order chi connectivity index (χ0) is 22.7. The van der Waals surface area contributed by atoms with Crippen LogP contribution in [0.25, 0.3) is 11.3 Å². The second kappa shape index (κ2) is 9.53. The maximum Gasteiger partial charge on any atom is 0.294 e. The van der Waals surface area contributed by atoms with E-state index in [4.69, 9.17) is 17.3 Å². The van der Waals surface area contributed by atoms with E-state index in [2.05, 4.69) is 9.97 Å². The van der Waals surface area contributed by atoms with Gasteiger partial charge in [0.25, 0.3) is 5.56 Å². The molecule has 1 aromatic carbocycles. The molecule has 1 aliphatic heterocycles. The molecule has 3 heterocycles. The number of carbonyl (C=O) groups is 1. The molecule has 0 bridgehead atoms. The molecule has 2 N–H and O–H groups in total.